The first kappa shape index (κ1) is 57.5. The van der Waals surface area contributed by atoms with Gasteiger partial charge in [0.15, 0.2) is 35.2 Å². The van der Waals surface area contributed by atoms with E-state index in [1.54, 1.807) is 38.1 Å². The van der Waals surface area contributed by atoms with Gasteiger partial charge in [-0.1, -0.05) is 91.8 Å². The van der Waals surface area contributed by atoms with Crippen LogP contribution in [0.4, 0.5) is 0 Å². The number of thiocarbonyl (C=S) groups is 2. The lowest BCUT2D eigenvalue weighted by Crippen LogP contribution is -2.50. The minimum atomic E-state index is -2.33. The highest BCUT2D eigenvalue weighted by Crippen LogP contribution is 2.44. The maximum absolute atomic E-state index is 12.7. The molecule has 16 nitrogen and oxygen atoms in total. The number of halogens is 1. The molecular formula is C48H69ClN4O12S2Si2. The molecule has 2 aliphatic heterocycles. The molecule has 3 N–H and O–H groups in total. The number of nitrogens with one attached hydrogen (secondary N) is 2. The Morgan fingerprint density at radius 2 is 1.06 bits per heavy atom. The van der Waals surface area contributed by atoms with Gasteiger partial charge in [0.25, 0.3) is 15.6 Å². The van der Waals surface area contributed by atoms with Crippen LogP contribution in [0.25, 0.3) is 0 Å². The van der Waals surface area contributed by atoms with E-state index < -0.39 is 88.2 Å². The number of aryl methyl sites for hydroxylation is 2. The third kappa shape index (κ3) is 15.0. The minimum Gasteiger partial charge on any atom is -0.448 e. The molecule has 2 saturated heterocycles. The maximum atomic E-state index is 12.7. The van der Waals surface area contributed by atoms with E-state index in [9.17, 15) is 24.3 Å². The highest BCUT2D eigenvalue weighted by Gasteiger charge is 2.53. The third-order valence-electron chi connectivity index (χ3n) is 12.8. The predicted octanol–water partition coefficient (Wildman–Crippen LogP) is 8.78. The van der Waals surface area contributed by atoms with E-state index in [4.69, 9.17) is 56.4 Å². The molecule has 0 amide bonds. The van der Waals surface area contributed by atoms with Crippen molar-refractivity contribution in [2.45, 2.75) is 167 Å². The van der Waals surface area contributed by atoms with Crippen molar-refractivity contribution in [1.29, 1.82) is 0 Å². The summed E-state index contributed by atoms with van der Waals surface area (Å²) in [6.45, 7) is 28.3. The van der Waals surface area contributed by atoms with Crippen LogP contribution in [0.3, 0.4) is 0 Å². The molecule has 2 aromatic carbocycles. The highest BCUT2D eigenvalue weighted by molar-refractivity contribution is 7.82. The van der Waals surface area contributed by atoms with Gasteiger partial charge in [-0.05, 0) is 111 Å². The van der Waals surface area contributed by atoms with Gasteiger partial charge in [-0.25, -0.2) is 9.59 Å². The fourth-order valence-electron chi connectivity index (χ4n) is 6.82. The second kappa shape index (κ2) is 23.9. The molecule has 21 heteroatoms. The molecule has 0 bridgehead atoms. The number of aliphatic hydroxyl groups excluding tert-OH is 1. The van der Waals surface area contributed by atoms with Crippen molar-refractivity contribution >= 4 is 62.4 Å². The number of hydrogen-bond acceptors (Lipinski definition) is 14. The van der Waals surface area contributed by atoms with Crippen molar-refractivity contribution in [3.05, 3.63) is 126 Å². The molecular weight excluding hydrogens is 980 g/mol. The number of para-hydroxylation sites is 2. The van der Waals surface area contributed by atoms with Crippen LogP contribution in [-0.4, -0.2) is 87.2 Å². The summed E-state index contributed by atoms with van der Waals surface area (Å²) in [5, 5.41) is 10.5. The molecule has 0 aliphatic carbocycles. The van der Waals surface area contributed by atoms with Crippen molar-refractivity contribution in [1.82, 2.24) is 19.1 Å². The predicted molar refractivity (Wildman–Crippen MR) is 281 cm³/mol. The number of rotatable bonds is 11. The monoisotopic (exact) mass is 1050 g/mol. The normalized spacial score (nSPS) is 22.7. The lowest BCUT2D eigenvalue weighted by Gasteiger charge is -2.40. The van der Waals surface area contributed by atoms with Crippen LogP contribution in [0.15, 0.2) is 92.2 Å². The van der Waals surface area contributed by atoms with Crippen molar-refractivity contribution in [3.63, 3.8) is 0 Å². The maximum Gasteiger partial charge on any atom is 0.358 e. The number of aromatic nitrogens is 4. The average Bonchev–Trinajstić information content (AvgIpc) is 3.74. The lowest BCUT2D eigenvalue weighted by atomic mass is 10.1. The minimum absolute atomic E-state index is 0.0196. The van der Waals surface area contributed by atoms with Crippen LogP contribution in [0.5, 0.6) is 11.5 Å². The molecule has 2 fully saturated rings. The SMILES string of the molecule is CC[C@H]1O[C@@H](n2cc(C)c(=O)[nH]c2=O)C(O[Si](C)(C)C(C)(C)C)[C@H]1O.CC[C@H]1O[C@@H](n2cc(C)c(=O)[nH]c2=O)C(O[Si](C)(C)C(C)(C)C)[C@H]1OC(=S)Oc1ccccc1.S=C(Cl)Oc1ccccc1. The number of nitrogens with zero attached hydrogens (tertiary/aromatic N) is 2. The number of H-pyrrole nitrogens is 2. The summed E-state index contributed by atoms with van der Waals surface area (Å²) < 4.78 is 44.9. The van der Waals surface area contributed by atoms with Gasteiger partial charge >= 0.3 is 16.6 Å². The Bertz CT molecular complexity index is 2600. The van der Waals surface area contributed by atoms with Gasteiger partial charge in [-0.15, -0.1) is 0 Å². The Morgan fingerprint density at radius 1 is 0.667 bits per heavy atom. The molecule has 4 heterocycles. The summed E-state index contributed by atoms with van der Waals surface area (Å²) in [4.78, 5) is 53.3. The molecule has 2 unspecified atom stereocenters. The average molecular weight is 1050 g/mol. The van der Waals surface area contributed by atoms with Crippen LogP contribution >= 0.6 is 36.0 Å². The summed E-state index contributed by atoms with van der Waals surface area (Å²) >= 11 is 15.2. The van der Waals surface area contributed by atoms with Crippen LogP contribution in [0.1, 0.15) is 91.8 Å². The fraction of sp³-hybridized carbons (Fsp3) is 0.542. The van der Waals surface area contributed by atoms with E-state index in [1.807, 2.05) is 50.2 Å². The van der Waals surface area contributed by atoms with Crippen molar-refractivity contribution in [3.8, 4) is 11.5 Å². The lowest BCUT2D eigenvalue weighted by molar-refractivity contribution is -0.0375. The first-order valence-corrected chi connectivity index (χ1v) is 29.9. The Kier molecular flexibility index (Phi) is 19.9. The van der Waals surface area contributed by atoms with Gasteiger partial charge < -0.3 is 37.6 Å². The van der Waals surface area contributed by atoms with Crippen molar-refractivity contribution in [2.75, 3.05) is 0 Å². The number of ether oxygens (including phenoxy) is 5. The zero-order valence-corrected chi connectivity index (χ0v) is 46.4. The van der Waals surface area contributed by atoms with E-state index in [0.29, 0.717) is 35.5 Å². The van der Waals surface area contributed by atoms with E-state index in [-0.39, 0.29) is 19.8 Å². The van der Waals surface area contributed by atoms with E-state index in [1.165, 1.54) is 21.5 Å². The molecule has 380 valence electrons. The first-order chi connectivity index (χ1) is 32.0. The molecule has 4 aromatic rings. The largest absolute Gasteiger partial charge is 0.448 e. The molecule has 0 saturated carbocycles. The van der Waals surface area contributed by atoms with Crippen LogP contribution in [0.2, 0.25) is 36.3 Å². The quantitative estimate of drug-likeness (QED) is 0.0733. The molecule has 0 spiro atoms. The fourth-order valence-corrected chi connectivity index (χ4v) is 9.79. The summed E-state index contributed by atoms with van der Waals surface area (Å²) in [5.74, 6) is 1.23. The number of hydrogen-bond donors (Lipinski definition) is 3. The van der Waals surface area contributed by atoms with Crippen LogP contribution < -0.4 is 32.0 Å². The number of aromatic amines is 2. The smallest absolute Gasteiger partial charge is 0.358 e. The number of aliphatic hydroxyl groups is 1. The van der Waals surface area contributed by atoms with Crippen LogP contribution in [0, 0.1) is 13.8 Å². The second-order valence-electron chi connectivity index (χ2n) is 20.0. The standard InChI is InChI=1S/C24H34N2O6SSi.C17H30N2O5Si.C7H5ClOS/c1-8-17-18(31-23(33)29-16-12-10-9-11-13-16)19(32-34(6,7)24(3,4)5)21(30-17)26-14-15(2)20(27)25-22(26)28;1-8-11-12(20)13(24-25(6,7)17(3,4)5)15(23-11)19-9-10(2)14(21)18-16(19)22;8-7(10)9-6-4-2-1-3-5-6/h9-14,17-19,21H,8H2,1-7H3,(H,25,27,28);9,11-13,15,20H,8H2,1-7H3,(H,18,21,22);1-5H/t17-,18+,19?,21-;11-,12+,13?,15-;/m11./s1. The van der Waals surface area contributed by atoms with E-state index >= 15 is 0 Å². The Balaban J connectivity index is 0.000000258. The summed E-state index contributed by atoms with van der Waals surface area (Å²) in [6.07, 6.45) is -0.961. The highest BCUT2D eigenvalue weighted by atomic mass is 35.5. The zero-order valence-electron chi connectivity index (χ0n) is 42.0. The van der Waals surface area contributed by atoms with Gasteiger partial charge in [-0.2, -0.15) is 0 Å². The van der Waals surface area contributed by atoms with Gasteiger partial charge in [0.1, 0.15) is 29.8 Å². The molecule has 2 aromatic heterocycles. The number of benzene rings is 2. The summed E-state index contributed by atoms with van der Waals surface area (Å²) in [6, 6.07) is 18.3. The first-order valence-electron chi connectivity index (χ1n) is 22.9. The second-order valence-corrected chi connectivity index (χ2v) is 30.8. The van der Waals surface area contributed by atoms with Crippen molar-refractivity contribution in [2.24, 2.45) is 0 Å². The molecule has 0 radical (unpaired) electrons. The molecule has 2 aliphatic rings. The topological polar surface area (TPSA) is 195 Å². The van der Waals surface area contributed by atoms with E-state index in [2.05, 4.69) is 89.9 Å². The third-order valence-corrected chi connectivity index (χ3v) is 22.1. The molecule has 6 rings (SSSR count). The van der Waals surface area contributed by atoms with Crippen LogP contribution in [-0.2, 0) is 23.1 Å². The van der Waals surface area contributed by atoms with Gasteiger partial charge in [0, 0.05) is 35.7 Å². The van der Waals surface area contributed by atoms with Gasteiger partial charge in [-0.3, -0.25) is 28.7 Å². The Hall–Kier alpha value is -4.10. The zero-order chi connectivity index (χ0) is 51.8. The molecule has 69 heavy (non-hydrogen) atoms. The summed E-state index contributed by atoms with van der Waals surface area (Å²) in [5.41, 5.74) is -1.18. The molecule has 8 atom stereocenters. The van der Waals surface area contributed by atoms with Gasteiger partial charge in [0.2, 0.25) is 0 Å². The Morgan fingerprint density at radius 3 is 1.46 bits per heavy atom. The summed E-state index contributed by atoms with van der Waals surface area (Å²) in [7, 11) is -4.53. The van der Waals surface area contributed by atoms with Crippen molar-refractivity contribution < 1.29 is 37.6 Å². The van der Waals surface area contributed by atoms with Gasteiger partial charge in [0.05, 0.1) is 12.2 Å². The Labute approximate surface area is 421 Å². The van der Waals surface area contributed by atoms with E-state index in [0.717, 1.165) is 0 Å².